The zero-order valence-electron chi connectivity index (χ0n) is 33.1. The van der Waals surface area contributed by atoms with Crippen LogP contribution in [0, 0.1) is 0 Å². The van der Waals surface area contributed by atoms with Crippen molar-refractivity contribution in [3.63, 3.8) is 0 Å². The molecule has 3 aliphatic heterocycles. The van der Waals surface area contributed by atoms with Crippen LogP contribution in [0.4, 0.5) is 21.0 Å². The van der Waals surface area contributed by atoms with E-state index in [1.807, 2.05) is 0 Å². The van der Waals surface area contributed by atoms with Gasteiger partial charge in [0.25, 0.3) is 0 Å². The van der Waals surface area contributed by atoms with Gasteiger partial charge in [0, 0.05) is 36.0 Å². The average molecular weight is 835 g/mol. The highest BCUT2D eigenvalue weighted by atomic mass is 32.1. The summed E-state index contributed by atoms with van der Waals surface area (Å²) in [5.41, 5.74) is -0.716. The third-order valence-corrected chi connectivity index (χ3v) is 8.26. The maximum Gasteiger partial charge on any atom is 0.408 e. The van der Waals surface area contributed by atoms with Gasteiger partial charge in [0.1, 0.15) is 47.9 Å². The molecule has 314 valence electrons. The van der Waals surface area contributed by atoms with E-state index < -0.39 is 59.1 Å². The maximum atomic E-state index is 13.6. The van der Waals surface area contributed by atoms with Gasteiger partial charge in [0.2, 0.25) is 23.6 Å². The van der Waals surface area contributed by atoms with Crippen LogP contribution in [-0.2, 0) is 38.1 Å². The second-order valence-electron chi connectivity index (χ2n) is 14.8. The predicted molar refractivity (Wildman–Crippen MR) is 219 cm³/mol. The summed E-state index contributed by atoms with van der Waals surface area (Å²) in [7, 11) is 0. The third kappa shape index (κ3) is 17.5. The first-order valence-electron chi connectivity index (χ1n) is 18.3. The van der Waals surface area contributed by atoms with Crippen LogP contribution in [0.25, 0.3) is 0 Å². The molecule has 0 aliphatic carbocycles. The Morgan fingerprint density at radius 2 is 1.00 bits per heavy atom. The number of alkyl carbamates (subject to hydrolysis) is 2. The summed E-state index contributed by atoms with van der Waals surface area (Å²) >= 11 is 8.50. The fraction of sp³-hybridized carbons (Fsp3) is 0.526. The summed E-state index contributed by atoms with van der Waals surface area (Å²) in [6, 6.07) is 10.9. The van der Waals surface area contributed by atoms with Crippen LogP contribution in [0.5, 0.6) is 11.5 Å². The van der Waals surface area contributed by atoms with Crippen molar-refractivity contribution in [2.24, 2.45) is 0 Å². The normalized spacial score (nSPS) is 16.4. The van der Waals surface area contributed by atoms with Crippen molar-refractivity contribution < 1.29 is 52.5 Å². The summed E-state index contributed by atoms with van der Waals surface area (Å²) in [6.07, 6.45) is -1.62. The highest BCUT2D eigenvalue weighted by Gasteiger charge is 2.30. The fourth-order valence-corrected chi connectivity index (χ4v) is 5.51. The van der Waals surface area contributed by atoms with Crippen LogP contribution in [0.3, 0.4) is 0 Å². The zero-order valence-corrected chi connectivity index (χ0v) is 34.9. The molecule has 0 fully saturated rings. The number of ether oxygens (including phenoxy) is 5. The van der Waals surface area contributed by atoms with Crippen molar-refractivity contribution in [3.8, 4) is 11.5 Å². The summed E-state index contributed by atoms with van der Waals surface area (Å²) in [6.45, 7) is 9.53. The maximum absolute atomic E-state index is 13.6. The smallest absolute Gasteiger partial charge is 0.408 e. The van der Waals surface area contributed by atoms with Gasteiger partial charge in [-0.3, -0.25) is 19.2 Å². The number of rotatable bonds is 6. The van der Waals surface area contributed by atoms with Crippen molar-refractivity contribution >= 4 is 72.4 Å². The van der Waals surface area contributed by atoms with E-state index in [4.69, 9.17) is 23.7 Å². The molecule has 3 aliphatic rings. The molecule has 3 heterocycles. The Bertz CT molecular complexity index is 1550. The number of carbonyl (C=O) groups excluding carboxylic acids is 6. The monoisotopic (exact) mass is 834 g/mol. The number of benzene rings is 2. The van der Waals surface area contributed by atoms with E-state index in [1.165, 1.54) is 9.80 Å². The van der Waals surface area contributed by atoms with Crippen LogP contribution in [0.15, 0.2) is 48.5 Å². The zero-order chi connectivity index (χ0) is 42.2. The van der Waals surface area contributed by atoms with Crippen LogP contribution in [0.2, 0.25) is 0 Å². The van der Waals surface area contributed by atoms with Crippen LogP contribution in [-0.4, -0.2) is 133 Å². The largest absolute Gasteiger partial charge is 0.457 e. The minimum Gasteiger partial charge on any atom is -0.457 e. The molecule has 57 heavy (non-hydrogen) atoms. The van der Waals surface area contributed by atoms with Gasteiger partial charge in [-0.2, -0.15) is 25.3 Å². The number of anilines is 2. The van der Waals surface area contributed by atoms with Crippen LogP contribution < -0.4 is 26.0 Å². The van der Waals surface area contributed by atoms with Gasteiger partial charge in [-0.25, -0.2) is 9.59 Å². The predicted octanol–water partition coefficient (Wildman–Crippen LogP) is 3.71. The Balaban J connectivity index is 1.80. The molecule has 17 nitrogen and oxygen atoms in total. The van der Waals surface area contributed by atoms with Crippen LogP contribution in [0.1, 0.15) is 41.5 Å². The topological polar surface area (TPSA) is 203 Å². The lowest BCUT2D eigenvalue weighted by Crippen LogP contribution is -2.53. The molecule has 0 unspecified atom stereocenters. The molecule has 5 rings (SSSR count). The van der Waals surface area contributed by atoms with Gasteiger partial charge in [-0.1, -0.05) is 0 Å². The number of carbonyl (C=O) groups is 6. The Morgan fingerprint density at radius 3 is 1.32 bits per heavy atom. The number of hydrogen-bond acceptors (Lipinski definition) is 13. The summed E-state index contributed by atoms with van der Waals surface area (Å²) in [5, 5.41) is 10.6. The van der Waals surface area contributed by atoms with Gasteiger partial charge in [0.05, 0.1) is 26.4 Å². The molecule has 2 atom stereocenters. The van der Waals surface area contributed by atoms with E-state index in [0.29, 0.717) is 22.9 Å². The van der Waals surface area contributed by atoms with Gasteiger partial charge in [-0.15, -0.1) is 0 Å². The Morgan fingerprint density at radius 1 is 0.649 bits per heavy atom. The molecule has 0 radical (unpaired) electrons. The molecular formula is C38H54N6O11S2. The molecule has 2 aromatic carbocycles. The van der Waals surface area contributed by atoms with Crippen molar-refractivity contribution in [1.82, 2.24) is 20.4 Å². The van der Waals surface area contributed by atoms with Crippen LogP contribution >= 0.6 is 25.3 Å². The highest BCUT2D eigenvalue weighted by Crippen LogP contribution is 2.25. The van der Waals surface area contributed by atoms with E-state index in [-0.39, 0.29) is 64.1 Å². The quantitative estimate of drug-likeness (QED) is 0.232. The first-order valence-corrected chi connectivity index (χ1v) is 19.5. The molecule has 0 spiro atoms. The van der Waals surface area contributed by atoms with Gasteiger partial charge < -0.3 is 54.8 Å². The van der Waals surface area contributed by atoms with Crippen molar-refractivity contribution in [2.75, 3.05) is 74.7 Å². The third-order valence-electron chi connectivity index (χ3n) is 7.53. The molecule has 2 aromatic rings. The number of fused-ring (bicyclic) bond motifs is 2. The minimum atomic E-state index is -1.10. The number of nitrogens with one attached hydrogen (secondary N) is 4. The lowest BCUT2D eigenvalue weighted by Gasteiger charge is -2.28. The Labute approximate surface area is 344 Å². The standard InChI is InChI=1S/C38H54N6O11S2/c1-37(2,3)54-35(49)41-29(23-56)33(47)43-15-17-51-19-20-52-18-16-44(34(48)30(24-57)42-36(50)55-38(4,5)6)22-32(46)40-26-9-13-28(14-10-26)53-27-11-7-25(8-12-27)39-31(45)21-43/h7-14,29-30,56-57H,15-24H2,1-6H3,(H,39,45)(H,40,46)(H,41,49)(H,42,50)/t29-,30-/m0/s1. The lowest BCUT2D eigenvalue weighted by atomic mass is 10.2. The number of hydrogen-bond donors (Lipinski definition) is 6. The second-order valence-corrected chi connectivity index (χ2v) is 15.5. The van der Waals surface area contributed by atoms with E-state index in [9.17, 15) is 28.8 Å². The van der Waals surface area contributed by atoms with E-state index in [1.54, 1.807) is 90.1 Å². The van der Waals surface area contributed by atoms with E-state index >= 15 is 0 Å². The van der Waals surface area contributed by atoms with Gasteiger partial charge in [-0.05, 0) is 90.1 Å². The molecule has 0 saturated heterocycles. The molecule has 6 amide bonds. The molecule has 0 aromatic heterocycles. The molecule has 19 heteroatoms. The number of thiol groups is 2. The van der Waals surface area contributed by atoms with Crippen molar-refractivity contribution in [1.29, 1.82) is 0 Å². The SMILES string of the molecule is CC(C)(C)OC(=O)N[C@@H](CS)C(=O)N1CCOCCOCCN(C(=O)[C@H](CS)NC(=O)OC(C)(C)C)CC(=O)Nc2ccc(cc2)Oc2ccc(cc2)NC(=O)C1. The van der Waals surface area contributed by atoms with Gasteiger partial charge in [0.15, 0.2) is 0 Å². The fourth-order valence-electron chi connectivity index (χ4n) is 5.01. The van der Waals surface area contributed by atoms with E-state index in [0.717, 1.165) is 0 Å². The molecule has 0 saturated carbocycles. The summed E-state index contributed by atoms with van der Waals surface area (Å²) in [5.74, 6) is -1.36. The Kier molecular flexibility index (Phi) is 18.2. The first kappa shape index (κ1) is 46.7. The Hall–Kier alpha value is -4.72. The lowest BCUT2D eigenvalue weighted by molar-refractivity contribution is -0.137. The first-order chi connectivity index (χ1) is 26.8. The summed E-state index contributed by atoms with van der Waals surface area (Å²) < 4.78 is 27.9. The van der Waals surface area contributed by atoms with Crippen molar-refractivity contribution in [2.45, 2.75) is 64.8 Å². The average Bonchev–Trinajstić information content (AvgIpc) is 3.12. The van der Waals surface area contributed by atoms with Crippen molar-refractivity contribution in [3.05, 3.63) is 48.5 Å². The summed E-state index contributed by atoms with van der Waals surface area (Å²) in [4.78, 5) is 81.0. The molecular weight excluding hydrogens is 781 g/mol. The number of amides is 6. The van der Waals surface area contributed by atoms with Gasteiger partial charge >= 0.3 is 12.2 Å². The highest BCUT2D eigenvalue weighted by molar-refractivity contribution is 7.80. The number of nitrogens with zero attached hydrogens (tertiary/aromatic N) is 2. The second kappa shape index (κ2) is 22.3. The minimum absolute atomic E-state index is 0.00459. The van der Waals surface area contributed by atoms with E-state index in [2.05, 4.69) is 46.5 Å². The molecule has 4 bridgehead atoms. The molecule has 4 N–H and O–H groups in total.